The summed E-state index contributed by atoms with van der Waals surface area (Å²) < 4.78 is 6.53. The number of nitrogens with one attached hydrogen (secondary N) is 2. The molecule has 4 aromatic rings. The van der Waals surface area contributed by atoms with Crippen molar-refractivity contribution >= 4 is 23.1 Å². The summed E-state index contributed by atoms with van der Waals surface area (Å²) in [7, 11) is 0. The molecule has 0 aliphatic heterocycles. The van der Waals surface area contributed by atoms with Crippen LogP contribution in [0.4, 0.5) is 5.82 Å². The molecule has 3 aromatic heterocycles. The molecular weight excluding hydrogens is 370 g/mol. The number of hydrogen-bond acceptors (Lipinski definition) is 5. The maximum absolute atomic E-state index is 12.7. The zero-order valence-electron chi connectivity index (χ0n) is 15.8. The number of aryl methyl sites for hydroxylation is 1. The lowest BCUT2D eigenvalue weighted by Gasteiger charge is -2.04. The number of rotatable bonds is 6. The van der Waals surface area contributed by atoms with E-state index >= 15 is 0 Å². The number of anilines is 1. The zero-order valence-corrected chi connectivity index (χ0v) is 15.8. The van der Waals surface area contributed by atoms with Gasteiger partial charge < -0.3 is 15.2 Å². The number of pyridine rings is 1. The first-order valence-electron chi connectivity index (χ1n) is 9.15. The Morgan fingerprint density at radius 1 is 1.07 bits per heavy atom. The van der Waals surface area contributed by atoms with Crippen molar-refractivity contribution in [3.63, 3.8) is 0 Å². The Balaban J connectivity index is 1.53. The number of fused-ring (bicyclic) bond motifs is 1. The van der Waals surface area contributed by atoms with Crippen LogP contribution < -0.4 is 10.6 Å². The number of carbonyl (C=O) groups excluding carboxylic acids is 2. The molecule has 2 amide bonds. The summed E-state index contributed by atoms with van der Waals surface area (Å²) in [6, 6.07) is 16.8. The van der Waals surface area contributed by atoms with E-state index in [4.69, 9.17) is 4.52 Å². The van der Waals surface area contributed by atoms with E-state index in [9.17, 15) is 9.59 Å². The smallest absolute Gasteiger partial charge is 0.293 e. The van der Waals surface area contributed by atoms with Gasteiger partial charge in [-0.25, -0.2) is 4.98 Å². The largest absolute Gasteiger partial charge is 0.360 e. The fourth-order valence-corrected chi connectivity index (χ4v) is 3.01. The lowest BCUT2D eigenvalue weighted by atomic mass is 10.1. The Morgan fingerprint density at radius 2 is 1.86 bits per heavy atom. The SMILES string of the molecule is Cc1cc(NC(=O)c2nc(C(=O)NCCc3ccccc3)c3ccccn23)no1. The molecule has 0 aliphatic carbocycles. The average molecular weight is 389 g/mol. The highest BCUT2D eigenvalue weighted by Gasteiger charge is 2.22. The predicted molar refractivity (Wildman–Crippen MR) is 107 cm³/mol. The van der Waals surface area contributed by atoms with E-state index in [1.165, 1.54) is 0 Å². The van der Waals surface area contributed by atoms with Gasteiger partial charge in [0.05, 0.1) is 5.52 Å². The molecule has 29 heavy (non-hydrogen) atoms. The minimum absolute atomic E-state index is 0.0921. The van der Waals surface area contributed by atoms with Gasteiger partial charge >= 0.3 is 0 Å². The first-order valence-corrected chi connectivity index (χ1v) is 9.15. The van der Waals surface area contributed by atoms with Crippen LogP contribution in [0.15, 0.2) is 65.3 Å². The van der Waals surface area contributed by atoms with Crippen molar-refractivity contribution in [2.24, 2.45) is 0 Å². The third kappa shape index (κ3) is 4.01. The van der Waals surface area contributed by atoms with Crippen LogP contribution in [0, 0.1) is 6.92 Å². The number of nitrogens with zero attached hydrogens (tertiary/aromatic N) is 3. The van der Waals surface area contributed by atoms with Crippen molar-refractivity contribution in [1.29, 1.82) is 0 Å². The monoisotopic (exact) mass is 389 g/mol. The summed E-state index contributed by atoms with van der Waals surface area (Å²) in [4.78, 5) is 29.7. The third-order valence-corrected chi connectivity index (χ3v) is 4.38. The third-order valence-electron chi connectivity index (χ3n) is 4.38. The Hall–Kier alpha value is -3.94. The van der Waals surface area contributed by atoms with Crippen molar-refractivity contribution < 1.29 is 14.1 Å². The van der Waals surface area contributed by atoms with E-state index in [0.29, 0.717) is 24.2 Å². The molecule has 0 saturated heterocycles. The highest BCUT2D eigenvalue weighted by molar-refractivity contribution is 6.05. The van der Waals surface area contributed by atoms with Crippen molar-refractivity contribution in [3.8, 4) is 0 Å². The molecule has 2 N–H and O–H groups in total. The fraction of sp³-hybridized carbons (Fsp3) is 0.143. The maximum Gasteiger partial charge on any atom is 0.293 e. The molecule has 8 heteroatoms. The van der Waals surface area contributed by atoms with Gasteiger partial charge in [0.15, 0.2) is 11.5 Å². The Bertz CT molecular complexity index is 1160. The fourth-order valence-electron chi connectivity index (χ4n) is 3.01. The van der Waals surface area contributed by atoms with Gasteiger partial charge in [0, 0.05) is 18.8 Å². The lowest BCUT2D eigenvalue weighted by molar-refractivity contribution is 0.0951. The minimum atomic E-state index is -0.483. The molecule has 4 rings (SSSR count). The van der Waals surface area contributed by atoms with Crippen LogP contribution in [0.2, 0.25) is 0 Å². The van der Waals surface area contributed by atoms with Crippen LogP contribution in [0.25, 0.3) is 5.52 Å². The van der Waals surface area contributed by atoms with Gasteiger partial charge in [0.25, 0.3) is 11.8 Å². The van der Waals surface area contributed by atoms with Crippen molar-refractivity contribution in [1.82, 2.24) is 19.9 Å². The maximum atomic E-state index is 12.7. The molecule has 0 unspecified atom stereocenters. The highest BCUT2D eigenvalue weighted by atomic mass is 16.5. The topological polar surface area (TPSA) is 102 Å². The minimum Gasteiger partial charge on any atom is -0.360 e. The van der Waals surface area contributed by atoms with E-state index in [0.717, 1.165) is 5.56 Å². The van der Waals surface area contributed by atoms with Gasteiger partial charge in [-0.1, -0.05) is 41.6 Å². The number of amides is 2. The van der Waals surface area contributed by atoms with Crippen LogP contribution in [0.3, 0.4) is 0 Å². The lowest BCUT2D eigenvalue weighted by Crippen LogP contribution is -2.26. The standard InChI is InChI=1S/C21H19N5O3/c1-14-13-17(25-29-14)23-21(28)19-24-18(16-9-5-6-12-26(16)19)20(27)22-11-10-15-7-3-2-4-8-15/h2-9,12-13H,10-11H2,1H3,(H,22,27)(H,23,25,28). The summed E-state index contributed by atoms with van der Waals surface area (Å²) in [6.45, 7) is 2.19. The zero-order chi connectivity index (χ0) is 20.2. The van der Waals surface area contributed by atoms with Crippen molar-refractivity contribution in [2.45, 2.75) is 13.3 Å². The second-order valence-corrected chi connectivity index (χ2v) is 6.51. The van der Waals surface area contributed by atoms with E-state index in [1.54, 1.807) is 41.8 Å². The van der Waals surface area contributed by atoms with Crippen molar-refractivity contribution in [2.75, 3.05) is 11.9 Å². The van der Waals surface area contributed by atoms with Gasteiger partial charge in [-0.05, 0) is 31.0 Å². The molecule has 0 spiro atoms. The summed E-state index contributed by atoms with van der Waals surface area (Å²) in [5, 5.41) is 9.25. The molecule has 1 aromatic carbocycles. The summed E-state index contributed by atoms with van der Waals surface area (Å²) in [5.74, 6) is 0.138. The van der Waals surface area contributed by atoms with Gasteiger partial charge in [-0.3, -0.25) is 14.0 Å². The molecule has 146 valence electrons. The first-order chi connectivity index (χ1) is 14.1. The molecule has 8 nitrogen and oxygen atoms in total. The molecule has 0 radical (unpaired) electrons. The highest BCUT2D eigenvalue weighted by Crippen LogP contribution is 2.15. The summed E-state index contributed by atoms with van der Waals surface area (Å²) >= 11 is 0. The Kier molecular flexibility index (Phi) is 5.07. The van der Waals surface area contributed by atoms with Crippen LogP contribution in [0.5, 0.6) is 0 Å². The number of aromatic nitrogens is 3. The molecular formula is C21H19N5O3. The second kappa shape index (κ2) is 7.97. The van der Waals surface area contributed by atoms with E-state index < -0.39 is 5.91 Å². The number of carbonyl (C=O) groups is 2. The average Bonchev–Trinajstić information content (AvgIpc) is 3.32. The molecule has 0 atom stereocenters. The number of imidazole rings is 1. The number of hydrogen-bond donors (Lipinski definition) is 2. The number of benzene rings is 1. The van der Waals surface area contributed by atoms with E-state index in [-0.39, 0.29) is 23.2 Å². The first kappa shape index (κ1) is 18.4. The van der Waals surface area contributed by atoms with E-state index in [2.05, 4.69) is 20.8 Å². The predicted octanol–water partition coefficient (Wildman–Crippen LogP) is 2.86. The van der Waals surface area contributed by atoms with Gasteiger partial charge in [-0.2, -0.15) is 0 Å². The summed E-state index contributed by atoms with van der Waals surface area (Å²) in [6.07, 6.45) is 2.39. The normalized spacial score (nSPS) is 10.8. The van der Waals surface area contributed by atoms with Crippen LogP contribution >= 0.6 is 0 Å². The van der Waals surface area contributed by atoms with Crippen LogP contribution in [0.1, 0.15) is 32.4 Å². The molecule has 0 fully saturated rings. The van der Waals surface area contributed by atoms with Crippen molar-refractivity contribution in [3.05, 3.63) is 83.6 Å². The molecule has 3 heterocycles. The molecule has 0 aliphatic rings. The summed E-state index contributed by atoms with van der Waals surface area (Å²) in [5.41, 5.74) is 1.87. The Morgan fingerprint density at radius 3 is 2.62 bits per heavy atom. The van der Waals surface area contributed by atoms with E-state index in [1.807, 2.05) is 30.3 Å². The second-order valence-electron chi connectivity index (χ2n) is 6.51. The Labute approximate surface area is 166 Å². The quantitative estimate of drug-likeness (QED) is 0.528. The van der Waals surface area contributed by atoms with Gasteiger partial charge in [0.2, 0.25) is 5.82 Å². The van der Waals surface area contributed by atoms with Crippen LogP contribution in [-0.2, 0) is 6.42 Å². The van der Waals surface area contributed by atoms with Gasteiger partial charge in [0.1, 0.15) is 5.76 Å². The molecule has 0 saturated carbocycles. The molecule has 0 bridgehead atoms. The van der Waals surface area contributed by atoms with Gasteiger partial charge in [-0.15, -0.1) is 0 Å². The van der Waals surface area contributed by atoms with Crippen LogP contribution in [-0.4, -0.2) is 32.9 Å².